The fourth-order valence-electron chi connectivity index (χ4n) is 6.41. The van der Waals surface area contributed by atoms with Gasteiger partial charge in [0.05, 0.1) is 32.8 Å². The van der Waals surface area contributed by atoms with Crippen molar-refractivity contribution < 1.29 is 52.5 Å². The third kappa shape index (κ3) is 9.30. The van der Waals surface area contributed by atoms with Gasteiger partial charge in [-0.15, -0.1) is 0 Å². The van der Waals surface area contributed by atoms with Crippen molar-refractivity contribution in [3.05, 3.63) is 101 Å². The van der Waals surface area contributed by atoms with Crippen molar-refractivity contribution in [1.82, 2.24) is 0 Å². The summed E-state index contributed by atoms with van der Waals surface area (Å²) < 4.78 is 9.76. The number of ether oxygens (including phenoxy) is 1. The van der Waals surface area contributed by atoms with Gasteiger partial charge in [0.15, 0.2) is 6.54 Å². The molecule has 4 rings (SSSR count). The highest BCUT2D eigenvalue weighted by atomic mass is 79.9. The lowest BCUT2D eigenvalue weighted by Crippen LogP contribution is -3.00. The van der Waals surface area contributed by atoms with Gasteiger partial charge >= 0.3 is 5.97 Å². The quantitative estimate of drug-likeness (QED) is 0.103. The highest BCUT2D eigenvalue weighted by molar-refractivity contribution is 7.18. The number of fused-ring (bicyclic) bond motifs is 2. The average molecular weight is 774 g/mol. The number of hydrogen-bond acceptors (Lipinski definition) is 4. The molecule has 0 bridgehead atoms. The van der Waals surface area contributed by atoms with Crippen molar-refractivity contribution in [3.63, 3.8) is 0 Å². The molecule has 250 valence electrons. The SMILES string of the molecule is CCOC(=O)CC[n+]1c(C=CC=CC=CC=C2N(CCC[N+](CC)(CC)CC)c3ccccc3C2(C)C)sc2ccccc21.[Br-].[Br-]. The number of benzene rings is 2. The molecule has 0 spiro atoms. The summed E-state index contributed by atoms with van der Waals surface area (Å²) in [6.45, 7) is 20.3. The molecule has 0 atom stereocenters. The van der Waals surface area contributed by atoms with Gasteiger partial charge < -0.3 is 48.1 Å². The number of esters is 1. The van der Waals surface area contributed by atoms with E-state index in [0.717, 1.165) is 17.1 Å². The topological polar surface area (TPSA) is 33.4 Å². The molecule has 8 heteroatoms. The molecule has 46 heavy (non-hydrogen) atoms. The molecule has 1 aliphatic heterocycles. The fraction of sp³-hybridized carbons (Fsp3) is 0.421. The fourth-order valence-corrected chi connectivity index (χ4v) is 7.51. The molecular weight excluding hydrogens is 722 g/mol. The van der Waals surface area contributed by atoms with Crippen molar-refractivity contribution in [1.29, 1.82) is 0 Å². The van der Waals surface area contributed by atoms with E-state index in [9.17, 15) is 4.79 Å². The second-order valence-electron chi connectivity index (χ2n) is 12.0. The first-order valence-electron chi connectivity index (χ1n) is 16.3. The molecule has 0 N–H and O–H groups in total. The minimum Gasteiger partial charge on any atom is -1.00 e. The largest absolute Gasteiger partial charge is 1.00 e. The minimum atomic E-state index is -0.161. The minimum absolute atomic E-state index is 0. The van der Waals surface area contributed by atoms with Crippen LogP contribution in [0.4, 0.5) is 5.69 Å². The molecule has 0 aliphatic carbocycles. The zero-order chi connectivity index (χ0) is 31.6. The van der Waals surface area contributed by atoms with E-state index < -0.39 is 0 Å². The van der Waals surface area contributed by atoms with Crippen LogP contribution >= 0.6 is 11.3 Å². The van der Waals surface area contributed by atoms with E-state index in [0.29, 0.717) is 19.6 Å². The molecule has 5 nitrogen and oxygen atoms in total. The average Bonchev–Trinajstić information content (AvgIpc) is 3.49. The zero-order valence-corrected chi connectivity index (χ0v) is 32.3. The Balaban J connectivity index is 0.00000368. The maximum Gasteiger partial charge on any atom is 0.312 e. The highest BCUT2D eigenvalue weighted by Gasteiger charge is 2.39. The number of halogens is 2. The lowest BCUT2D eigenvalue weighted by atomic mass is 9.84. The molecule has 0 saturated heterocycles. The Morgan fingerprint density at radius 3 is 2.28 bits per heavy atom. The van der Waals surface area contributed by atoms with Gasteiger partial charge in [0, 0.05) is 41.9 Å². The van der Waals surface area contributed by atoms with Gasteiger partial charge in [-0.1, -0.05) is 85.9 Å². The Labute approximate surface area is 302 Å². The zero-order valence-electron chi connectivity index (χ0n) is 28.3. The van der Waals surface area contributed by atoms with E-state index >= 15 is 0 Å². The summed E-state index contributed by atoms with van der Waals surface area (Å²) in [6.07, 6.45) is 16.5. The summed E-state index contributed by atoms with van der Waals surface area (Å²) in [5.74, 6) is -0.161. The number of aromatic nitrogens is 1. The normalized spacial score (nSPS) is 15.2. The third-order valence-electron chi connectivity index (χ3n) is 9.24. The molecule has 1 aliphatic rings. The Kier molecular flexibility index (Phi) is 16.1. The van der Waals surface area contributed by atoms with Crippen molar-refractivity contribution in [2.24, 2.45) is 0 Å². The summed E-state index contributed by atoms with van der Waals surface area (Å²) in [6, 6.07) is 17.2. The van der Waals surface area contributed by atoms with E-state index in [1.807, 2.05) is 13.0 Å². The standard InChI is InChI=1S/C38H51N3O2S.2BrH/c1-7-41(8-2,9-3)30-20-28-39-32-22-17-16-21-31(32)38(5,6)35(39)25-14-12-11-13-15-26-36-40(29-27-37(42)43-10-4)33-23-18-19-24-34(33)44-36;;/h11-19,21-26H,7-10,20,27-30H2,1-6H3;2*1H/q+2;;/p-2. The Hall–Kier alpha value is -2.52. The van der Waals surface area contributed by atoms with E-state index in [1.165, 1.54) is 58.7 Å². The van der Waals surface area contributed by atoms with Crippen molar-refractivity contribution in [2.75, 3.05) is 44.2 Å². The number of carbonyl (C=O) groups is 1. The number of rotatable bonds is 15. The Morgan fingerprint density at radius 2 is 1.57 bits per heavy atom. The smallest absolute Gasteiger partial charge is 0.312 e. The van der Waals surface area contributed by atoms with E-state index in [4.69, 9.17) is 4.74 Å². The predicted octanol–water partition coefficient (Wildman–Crippen LogP) is 2.22. The van der Waals surface area contributed by atoms with Gasteiger partial charge in [-0.3, -0.25) is 4.79 Å². The summed E-state index contributed by atoms with van der Waals surface area (Å²) in [5.41, 5.74) is 5.20. The molecule has 0 radical (unpaired) electrons. The first-order chi connectivity index (χ1) is 21.3. The van der Waals surface area contributed by atoms with Crippen LogP contribution in [0.5, 0.6) is 0 Å². The number of carbonyl (C=O) groups excluding carboxylic acids is 1. The number of hydrogen-bond donors (Lipinski definition) is 0. The van der Waals surface area contributed by atoms with E-state index in [2.05, 4.69) is 129 Å². The van der Waals surface area contributed by atoms with Crippen molar-refractivity contribution >= 4 is 39.3 Å². The Bertz CT molecular complexity index is 1530. The molecule has 0 amide bonds. The summed E-state index contributed by atoms with van der Waals surface area (Å²) in [4.78, 5) is 14.6. The molecule has 1 aromatic heterocycles. The van der Waals surface area contributed by atoms with Gasteiger partial charge in [0.1, 0.15) is 11.1 Å². The van der Waals surface area contributed by atoms with E-state index in [1.54, 1.807) is 11.3 Å². The number of thiazole rings is 1. The molecule has 3 aromatic rings. The monoisotopic (exact) mass is 771 g/mol. The number of allylic oxidation sites excluding steroid dienone is 7. The van der Waals surface area contributed by atoms with Crippen LogP contribution in [-0.2, 0) is 21.5 Å². The van der Waals surface area contributed by atoms with Gasteiger partial charge in [0.2, 0.25) is 5.52 Å². The van der Waals surface area contributed by atoms with Crippen LogP contribution in [0.3, 0.4) is 0 Å². The second-order valence-corrected chi connectivity index (χ2v) is 13.0. The van der Waals surface area contributed by atoms with Gasteiger partial charge in [-0.25, -0.2) is 0 Å². The summed E-state index contributed by atoms with van der Waals surface area (Å²) >= 11 is 1.74. The lowest BCUT2D eigenvalue weighted by Gasteiger charge is -2.36. The number of quaternary nitrogens is 1. The molecule has 0 unspecified atom stereocenters. The van der Waals surface area contributed by atoms with Crippen LogP contribution in [0.2, 0.25) is 0 Å². The van der Waals surface area contributed by atoms with Crippen molar-refractivity contribution in [3.8, 4) is 0 Å². The number of anilines is 1. The van der Waals surface area contributed by atoms with Gasteiger partial charge in [-0.05, 0) is 51.5 Å². The van der Waals surface area contributed by atoms with Crippen LogP contribution in [0, 0.1) is 0 Å². The van der Waals surface area contributed by atoms with Crippen LogP contribution in [0.1, 0.15) is 65.0 Å². The summed E-state index contributed by atoms with van der Waals surface area (Å²) in [7, 11) is 0. The molecule has 2 heterocycles. The maximum absolute atomic E-state index is 12.0. The lowest BCUT2D eigenvalue weighted by molar-refractivity contribution is -0.923. The number of aryl methyl sites for hydroxylation is 1. The third-order valence-corrected chi connectivity index (χ3v) is 10.4. The van der Waals surface area contributed by atoms with Crippen LogP contribution in [-0.4, -0.2) is 49.8 Å². The second kappa shape index (κ2) is 18.7. The first-order valence-corrected chi connectivity index (χ1v) is 17.1. The number of para-hydroxylation sites is 2. The molecule has 0 saturated carbocycles. The summed E-state index contributed by atoms with van der Waals surface area (Å²) in [5, 5.41) is 1.12. The van der Waals surface area contributed by atoms with E-state index in [-0.39, 0.29) is 45.3 Å². The molecule has 0 fully saturated rings. The molecule has 2 aromatic carbocycles. The highest BCUT2D eigenvalue weighted by Crippen LogP contribution is 2.47. The molecular formula is C38H51Br2N3O2S. The Morgan fingerprint density at radius 1 is 0.913 bits per heavy atom. The maximum atomic E-state index is 12.0. The van der Waals surface area contributed by atoms with Crippen LogP contribution in [0.25, 0.3) is 16.3 Å². The van der Waals surface area contributed by atoms with Crippen molar-refractivity contribution in [2.45, 2.75) is 66.3 Å². The van der Waals surface area contributed by atoms with Gasteiger partial charge in [-0.2, -0.15) is 4.57 Å². The van der Waals surface area contributed by atoms with Crippen LogP contribution in [0.15, 0.2) is 90.7 Å². The number of nitrogens with zero attached hydrogens (tertiary/aromatic N) is 3. The van der Waals surface area contributed by atoms with Gasteiger partial charge in [0.25, 0.3) is 5.01 Å². The van der Waals surface area contributed by atoms with Crippen LogP contribution < -0.4 is 43.4 Å². The predicted molar refractivity (Wildman–Crippen MR) is 187 cm³/mol. The first kappa shape index (κ1) is 39.7.